The van der Waals surface area contributed by atoms with E-state index in [0.29, 0.717) is 34.5 Å². The molecule has 2 heterocycles. The molecule has 3 N–H and O–H groups in total. The maximum absolute atomic E-state index is 5.91. The molecule has 3 aromatic rings. The lowest BCUT2D eigenvalue weighted by atomic mass is 10.1. The minimum atomic E-state index is 0.312. The number of nitrogens with zero attached hydrogens (tertiary/aromatic N) is 4. The van der Waals surface area contributed by atoms with Crippen LogP contribution in [-0.2, 0) is 0 Å². The van der Waals surface area contributed by atoms with Crippen molar-refractivity contribution in [2.75, 3.05) is 12.8 Å². The smallest absolute Gasteiger partial charge is 0.260 e. The first-order chi connectivity index (χ1) is 9.28. The molecule has 0 radical (unpaired) electrons. The third-order valence-corrected chi connectivity index (χ3v) is 2.54. The number of hydrogen-bond donors (Lipinski definition) is 2. The summed E-state index contributed by atoms with van der Waals surface area (Å²) in [4.78, 5) is 8.15. The summed E-state index contributed by atoms with van der Waals surface area (Å²) in [6.45, 7) is 0. The van der Waals surface area contributed by atoms with Crippen LogP contribution in [0.25, 0.3) is 23.1 Å². The standard InChI is InChI=1S/C11H10N6O2/c1-18-6-2-3-7(8(12)4-6)11-15-10(17-19-11)9-13-5-14-16-9/h2-5H,12H2,1H3,(H,13,14,16). The minimum absolute atomic E-state index is 0.312. The number of aromatic nitrogens is 5. The van der Waals surface area contributed by atoms with E-state index in [1.54, 1.807) is 25.3 Å². The molecule has 2 aromatic heterocycles. The average Bonchev–Trinajstić information content (AvgIpc) is 3.09. The van der Waals surface area contributed by atoms with Gasteiger partial charge in [-0.1, -0.05) is 5.16 Å². The Balaban J connectivity index is 1.99. The van der Waals surface area contributed by atoms with Crippen LogP contribution in [0.15, 0.2) is 29.0 Å². The summed E-state index contributed by atoms with van der Waals surface area (Å²) < 4.78 is 10.2. The van der Waals surface area contributed by atoms with Crippen LogP contribution in [0.1, 0.15) is 0 Å². The van der Waals surface area contributed by atoms with Gasteiger partial charge in [-0.05, 0) is 12.1 Å². The van der Waals surface area contributed by atoms with Gasteiger partial charge in [0.15, 0.2) is 5.82 Å². The highest BCUT2D eigenvalue weighted by Gasteiger charge is 2.14. The number of ether oxygens (including phenoxy) is 1. The van der Waals surface area contributed by atoms with Gasteiger partial charge in [-0.25, -0.2) is 4.98 Å². The molecule has 0 fully saturated rings. The fourth-order valence-electron chi connectivity index (χ4n) is 1.60. The Morgan fingerprint density at radius 3 is 2.95 bits per heavy atom. The summed E-state index contributed by atoms with van der Waals surface area (Å²) in [6.07, 6.45) is 1.37. The Kier molecular flexibility index (Phi) is 2.60. The summed E-state index contributed by atoms with van der Waals surface area (Å²) in [5.41, 5.74) is 7.04. The van der Waals surface area contributed by atoms with Crippen molar-refractivity contribution in [3.8, 4) is 28.9 Å². The van der Waals surface area contributed by atoms with Crippen LogP contribution >= 0.6 is 0 Å². The van der Waals surface area contributed by atoms with E-state index in [1.807, 2.05) is 0 Å². The molecule has 0 aliphatic heterocycles. The lowest BCUT2D eigenvalue weighted by molar-refractivity contribution is 0.414. The Morgan fingerprint density at radius 2 is 2.26 bits per heavy atom. The van der Waals surface area contributed by atoms with Gasteiger partial charge in [0.1, 0.15) is 12.1 Å². The molecule has 96 valence electrons. The van der Waals surface area contributed by atoms with Gasteiger partial charge in [-0.2, -0.15) is 10.1 Å². The highest BCUT2D eigenvalue weighted by Crippen LogP contribution is 2.28. The number of nitrogen functional groups attached to an aromatic ring is 1. The van der Waals surface area contributed by atoms with Crippen LogP contribution in [0.5, 0.6) is 5.75 Å². The van der Waals surface area contributed by atoms with Gasteiger partial charge < -0.3 is 15.0 Å². The van der Waals surface area contributed by atoms with Gasteiger partial charge in [0.05, 0.1) is 12.7 Å². The van der Waals surface area contributed by atoms with Crippen LogP contribution < -0.4 is 10.5 Å². The highest BCUT2D eigenvalue weighted by atomic mass is 16.5. The van der Waals surface area contributed by atoms with Gasteiger partial charge in [-0.15, -0.1) is 0 Å². The molecule has 0 amide bonds. The zero-order valence-corrected chi connectivity index (χ0v) is 9.99. The average molecular weight is 258 g/mol. The fraction of sp³-hybridized carbons (Fsp3) is 0.0909. The van der Waals surface area contributed by atoms with E-state index in [9.17, 15) is 0 Å². The summed E-state index contributed by atoms with van der Waals surface area (Å²) in [7, 11) is 1.57. The summed E-state index contributed by atoms with van der Waals surface area (Å²) in [6, 6.07) is 5.21. The monoisotopic (exact) mass is 258 g/mol. The fourth-order valence-corrected chi connectivity index (χ4v) is 1.60. The molecule has 0 aliphatic carbocycles. The van der Waals surface area contributed by atoms with E-state index >= 15 is 0 Å². The summed E-state index contributed by atoms with van der Waals surface area (Å²) >= 11 is 0. The second-order valence-electron chi connectivity index (χ2n) is 3.71. The Hall–Kier alpha value is -2.90. The van der Waals surface area contributed by atoms with E-state index in [0.717, 1.165) is 0 Å². The predicted molar refractivity (Wildman–Crippen MR) is 66.1 cm³/mol. The Bertz CT molecular complexity index is 691. The summed E-state index contributed by atoms with van der Waals surface area (Å²) in [5, 5.41) is 10.2. The van der Waals surface area contributed by atoms with E-state index in [1.165, 1.54) is 6.33 Å². The molecule has 8 heteroatoms. The predicted octanol–water partition coefficient (Wildman–Crippen LogP) is 1.11. The number of aromatic amines is 1. The van der Waals surface area contributed by atoms with Gasteiger partial charge in [0, 0.05) is 11.8 Å². The van der Waals surface area contributed by atoms with Crippen molar-refractivity contribution < 1.29 is 9.26 Å². The molecule has 19 heavy (non-hydrogen) atoms. The Labute approximate surface area is 107 Å². The molecule has 0 saturated carbocycles. The number of methoxy groups -OCH3 is 1. The summed E-state index contributed by atoms with van der Waals surface area (Å²) in [5.74, 6) is 1.73. The topological polar surface area (TPSA) is 116 Å². The maximum atomic E-state index is 5.91. The van der Waals surface area contributed by atoms with Crippen molar-refractivity contribution >= 4 is 5.69 Å². The third kappa shape index (κ3) is 1.99. The van der Waals surface area contributed by atoms with Crippen LogP contribution in [0, 0.1) is 0 Å². The van der Waals surface area contributed by atoms with Crippen LogP contribution in [-0.4, -0.2) is 32.4 Å². The molecule has 0 saturated heterocycles. The number of nitrogens with two attached hydrogens (primary N) is 1. The molecule has 0 unspecified atom stereocenters. The second kappa shape index (κ2) is 4.41. The number of rotatable bonds is 3. The normalized spacial score (nSPS) is 10.6. The lowest BCUT2D eigenvalue weighted by Crippen LogP contribution is -1.92. The van der Waals surface area contributed by atoms with Crippen molar-refractivity contribution in [1.29, 1.82) is 0 Å². The molecule has 0 atom stereocenters. The molecule has 3 rings (SSSR count). The SMILES string of the molecule is COc1ccc(-c2nc(-c3ncn[nH]3)no2)c(N)c1. The molecule has 0 spiro atoms. The van der Waals surface area contributed by atoms with E-state index in [-0.39, 0.29) is 0 Å². The molecular formula is C11H10N6O2. The van der Waals surface area contributed by atoms with Crippen molar-refractivity contribution in [3.63, 3.8) is 0 Å². The molecular weight excluding hydrogens is 248 g/mol. The largest absolute Gasteiger partial charge is 0.497 e. The van der Waals surface area contributed by atoms with Gasteiger partial charge in [-0.3, -0.25) is 5.10 Å². The minimum Gasteiger partial charge on any atom is -0.497 e. The number of nitrogens with one attached hydrogen (secondary N) is 1. The molecule has 1 aromatic carbocycles. The number of anilines is 1. The number of H-pyrrole nitrogens is 1. The highest BCUT2D eigenvalue weighted by molar-refractivity contribution is 5.72. The van der Waals surface area contributed by atoms with Crippen molar-refractivity contribution in [3.05, 3.63) is 24.5 Å². The van der Waals surface area contributed by atoms with Gasteiger partial charge in [0.2, 0.25) is 5.82 Å². The first-order valence-electron chi connectivity index (χ1n) is 5.41. The van der Waals surface area contributed by atoms with E-state index in [2.05, 4.69) is 25.3 Å². The van der Waals surface area contributed by atoms with E-state index in [4.69, 9.17) is 15.0 Å². The third-order valence-electron chi connectivity index (χ3n) is 2.54. The maximum Gasteiger partial charge on any atom is 0.260 e. The quantitative estimate of drug-likeness (QED) is 0.676. The van der Waals surface area contributed by atoms with E-state index < -0.39 is 0 Å². The molecule has 0 bridgehead atoms. The number of benzene rings is 1. The molecule has 8 nitrogen and oxygen atoms in total. The van der Waals surface area contributed by atoms with Crippen molar-refractivity contribution in [2.45, 2.75) is 0 Å². The first kappa shape index (κ1) is 11.2. The zero-order chi connectivity index (χ0) is 13.2. The van der Waals surface area contributed by atoms with Crippen LogP contribution in [0.2, 0.25) is 0 Å². The van der Waals surface area contributed by atoms with Crippen molar-refractivity contribution in [2.24, 2.45) is 0 Å². The molecule has 0 aliphatic rings. The van der Waals surface area contributed by atoms with Gasteiger partial charge >= 0.3 is 0 Å². The lowest BCUT2D eigenvalue weighted by Gasteiger charge is -2.03. The van der Waals surface area contributed by atoms with Crippen LogP contribution in [0.3, 0.4) is 0 Å². The van der Waals surface area contributed by atoms with Gasteiger partial charge in [0.25, 0.3) is 5.89 Å². The zero-order valence-electron chi connectivity index (χ0n) is 9.99. The first-order valence-corrected chi connectivity index (χ1v) is 5.41. The van der Waals surface area contributed by atoms with Crippen LogP contribution in [0.4, 0.5) is 5.69 Å². The second-order valence-corrected chi connectivity index (χ2v) is 3.71. The Morgan fingerprint density at radius 1 is 1.37 bits per heavy atom. The number of hydrogen-bond acceptors (Lipinski definition) is 7. The van der Waals surface area contributed by atoms with Crippen molar-refractivity contribution in [1.82, 2.24) is 25.3 Å².